The number of carbonyl (C=O) groups is 2. The van der Waals surface area contributed by atoms with Gasteiger partial charge in [0.15, 0.2) is 0 Å². The number of benzene rings is 3. The molecule has 0 fully saturated rings. The molecule has 0 aliphatic heterocycles. The lowest BCUT2D eigenvalue weighted by Gasteiger charge is -2.22. The van der Waals surface area contributed by atoms with E-state index < -0.39 is 6.17 Å². The van der Waals surface area contributed by atoms with Gasteiger partial charge >= 0.3 is 0 Å². The van der Waals surface area contributed by atoms with Crippen LogP contribution in [0.5, 0.6) is 0 Å². The lowest BCUT2D eigenvalue weighted by Crippen LogP contribution is -2.41. The highest BCUT2D eigenvalue weighted by molar-refractivity contribution is 6.31. The first kappa shape index (κ1) is 19.6. The van der Waals surface area contributed by atoms with Crippen LogP contribution in [-0.2, 0) is 0 Å². The van der Waals surface area contributed by atoms with Gasteiger partial charge in [-0.1, -0.05) is 65.2 Å². The smallest absolute Gasteiger partial charge is 0.253 e. The number of amides is 2. The molecule has 5 heteroatoms. The zero-order chi connectivity index (χ0) is 20.1. The first-order valence-electron chi connectivity index (χ1n) is 8.93. The molecule has 2 amide bonds. The third-order valence-corrected chi connectivity index (χ3v) is 4.67. The summed E-state index contributed by atoms with van der Waals surface area (Å²) in [5, 5.41) is 6.22. The second-order valence-electron chi connectivity index (χ2n) is 6.64. The molecule has 0 radical (unpaired) electrons. The van der Waals surface area contributed by atoms with Gasteiger partial charge in [-0.15, -0.1) is 0 Å². The van der Waals surface area contributed by atoms with Crippen molar-refractivity contribution in [3.05, 3.63) is 106 Å². The topological polar surface area (TPSA) is 58.2 Å². The Labute approximate surface area is 169 Å². The van der Waals surface area contributed by atoms with E-state index in [1.165, 1.54) is 0 Å². The summed E-state index contributed by atoms with van der Waals surface area (Å²) in [6.45, 7) is 3.84. The van der Waals surface area contributed by atoms with Crippen molar-refractivity contribution >= 4 is 23.4 Å². The summed E-state index contributed by atoms with van der Waals surface area (Å²) in [6.07, 6.45) is -0.769. The Hall–Kier alpha value is -3.11. The summed E-state index contributed by atoms with van der Waals surface area (Å²) in [5.41, 5.74) is 3.60. The minimum atomic E-state index is -0.769. The summed E-state index contributed by atoms with van der Waals surface area (Å²) in [4.78, 5) is 25.5. The monoisotopic (exact) mass is 392 g/mol. The summed E-state index contributed by atoms with van der Waals surface area (Å²) >= 11 is 6.33. The van der Waals surface area contributed by atoms with Crippen molar-refractivity contribution in [1.82, 2.24) is 10.6 Å². The Morgan fingerprint density at radius 1 is 0.750 bits per heavy atom. The number of nitrogens with one attached hydrogen (secondary N) is 2. The van der Waals surface area contributed by atoms with Crippen molar-refractivity contribution in [3.63, 3.8) is 0 Å². The standard InChI is InChI=1S/C23H21ClN2O2/c1-15-7-5-9-17(13-15)22(27)25-21(19-11-3-4-12-20(19)24)26-23(28)18-10-6-8-16(2)14-18/h3-14,21H,1-2H3,(H,25,27)(H,26,28). The van der Waals surface area contributed by atoms with Gasteiger partial charge in [-0.05, 0) is 44.2 Å². The number of hydrogen-bond donors (Lipinski definition) is 2. The molecule has 2 N–H and O–H groups in total. The van der Waals surface area contributed by atoms with Crippen LogP contribution in [0.1, 0.15) is 43.6 Å². The van der Waals surface area contributed by atoms with Crippen molar-refractivity contribution in [2.45, 2.75) is 20.0 Å². The first-order chi connectivity index (χ1) is 13.4. The molecular weight excluding hydrogens is 372 g/mol. The molecule has 3 aromatic carbocycles. The van der Waals surface area contributed by atoms with Crippen LogP contribution in [0.15, 0.2) is 72.8 Å². The quantitative estimate of drug-likeness (QED) is 0.612. The van der Waals surface area contributed by atoms with Gasteiger partial charge in [-0.2, -0.15) is 0 Å². The van der Waals surface area contributed by atoms with Crippen LogP contribution in [0.25, 0.3) is 0 Å². The van der Waals surface area contributed by atoms with Gasteiger partial charge in [-0.3, -0.25) is 9.59 Å². The fraction of sp³-hybridized carbons (Fsp3) is 0.130. The number of aryl methyl sites for hydroxylation is 2. The fourth-order valence-corrected chi connectivity index (χ4v) is 3.15. The van der Waals surface area contributed by atoms with Gasteiger partial charge in [0.2, 0.25) is 0 Å². The highest BCUT2D eigenvalue weighted by atomic mass is 35.5. The molecule has 4 nitrogen and oxygen atoms in total. The molecule has 0 spiro atoms. The lowest BCUT2D eigenvalue weighted by molar-refractivity contribution is 0.0883. The van der Waals surface area contributed by atoms with Gasteiger partial charge in [0, 0.05) is 21.7 Å². The maximum atomic E-state index is 12.8. The summed E-state index contributed by atoms with van der Waals surface area (Å²) in [7, 11) is 0. The predicted octanol–water partition coefficient (Wildman–Crippen LogP) is 4.82. The van der Waals surface area contributed by atoms with Crippen LogP contribution in [0.4, 0.5) is 0 Å². The van der Waals surface area contributed by atoms with Crippen molar-refractivity contribution in [3.8, 4) is 0 Å². The molecule has 0 bridgehead atoms. The zero-order valence-electron chi connectivity index (χ0n) is 15.7. The Balaban J connectivity index is 1.88. The highest BCUT2D eigenvalue weighted by Gasteiger charge is 2.21. The Bertz CT molecular complexity index is 957. The van der Waals surface area contributed by atoms with Gasteiger partial charge in [0.05, 0.1) is 0 Å². The number of carbonyl (C=O) groups excluding carboxylic acids is 2. The molecule has 0 unspecified atom stereocenters. The first-order valence-corrected chi connectivity index (χ1v) is 9.31. The van der Waals surface area contributed by atoms with E-state index in [-0.39, 0.29) is 11.8 Å². The normalized spacial score (nSPS) is 10.6. The maximum absolute atomic E-state index is 12.8. The minimum Gasteiger partial charge on any atom is -0.328 e. The molecular formula is C23H21ClN2O2. The van der Waals surface area contributed by atoms with Crippen LogP contribution < -0.4 is 10.6 Å². The average molecular weight is 393 g/mol. The molecule has 0 aliphatic rings. The Kier molecular flexibility index (Phi) is 6.12. The minimum absolute atomic E-state index is 0.293. The van der Waals surface area contributed by atoms with Crippen LogP contribution in [0.3, 0.4) is 0 Å². The van der Waals surface area contributed by atoms with E-state index in [1.807, 2.05) is 44.2 Å². The Morgan fingerprint density at radius 2 is 1.25 bits per heavy atom. The molecule has 0 saturated heterocycles. The number of halogens is 1. The average Bonchev–Trinajstić information content (AvgIpc) is 2.68. The van der Waals surface area contributed by atoms with Gasteiger partial charge in [0.25, 0.3) is 11.8 Å². The number of hydrogen-bond acceptors (Lipinski definition) is 2. The SMILES string of the molecule is Cc1cccc(C(=O)NC(NC(=O)c2cccc(C)c2)c2ccccc2Cl)c1. The highest BCUT2D eigenvalue weighted by Crippen LogP contribution is 2.22. The molecule has 3 rings (SSSR count). The third-order valence-electron chi connectivity index (χ3n) is 4.33. The largest absolute Gasteiger partial charge is 0.328 e. The van der Waals surface area contributed by atoms with Gasteiger partial charge in [0.1, 0.15) is 6.17 Å². The molecule has 28 heavy (non-hydrogen) atoms. The molecule has 0 aromatic heterocycles. The van der Waals surface area contributed by atoms with Crippen molar-refractivity contribution in [2.24, 2.45) is 0 Å². The van der Waals surface area contributed by atoms with Crippen LogP contribution in [0.2, 0.25) is 5.02 Å². The summed E-state index contributed by atoms with van der Waals surface area (Å²) in [5.74, 6) is -0.587. The fourth-order valence-electron chi connectivity index (χ4n) is 2.90. The molecule has 0 heterocycles. The second kappa shape index (κ2) is 8.72. The predicted molar refractivity (Wildman–Crippen MR) is 111 cm³/mol. The van der Waals surface area contributed by atoms with Crippen molar-refractivity contribution in [2.75, 3.05) is 0 Å². The van der Waals surface area contributed by atoms with E-state index in [2.05, 4.69) is 10.6 Å². The third kappa shape index (κ3) is 4.78. The van der Waals surface area contributed by atoms with E-state index in [4.69, 9.17) is 11.6 Å². The van der Waals surface area contributed by atoms with E-state index in [0.29, 0.717) is 21.7 Å². The van der Waals surface area contributed by atoms with E-state index >= 15 is 0 Å². The van der Waals surface area contributed by atoms with Crippen LogP contribution in [0, 0.1) is 13.8 Å². The maximum Gasteiger partial charge on any atom is 0.253 e. The van der Waals surface area contributed by atoms with Gasteiger partial charge < -0.3 is 10.6 Å². The van der Waals surface area contributed by atoms with E-state index in [9.17, 15) is 9.59 Å². The zero-order valence-corrected chi connectivity index (χ0v) is 16.5. The van der Waals surface area contributed by atoms with E-state index in [0.717, 1.165) is 11.1 Å². The van der Waals surface area contributed by atoms with Crippen LogP contribution in [-0.4, -0.2) is 11.8 Å². The second-order valence-corrected chi connectivity index (χ2v) is 7.05. The van der Waals surface area contributed by atoms with E-state index in [1.54, 1.807) is 42.5 Å². The van der Waals surface area contributed by atoms with Crippen LogP contribution >= 0.6 is 11.6 Å². The van der Waals surface area contributed by atoms with Gasteiger partial charge in [-0.25, -0.2) is 0 Å². The van der Waals surface area contributed by atoms with Crippen molar-refractivity contribution in [1.29, 1.82) is 0 Å². The summed E-state index contributed by atoms with van der Waals surface area (Å²) < 4.78 is 0. The molecule has 3 aromatic rings. The molecule has 142 valence electrons. The van der Waals surface area contributed by atoms with Crippen molar-refractivity contribution < 1.29 is 9.59 Å². The molecule has 0 aliphatic carbocycles. The molecule has 0 saturated carbocycles. The number of rotatable bonds is 5. The lowest BCUT2D eigenvalue weighted by atomic mass is 10.1. The Morgan fingerprint density at radius 3 is 1.71 bits per heavy atom. The summed E-state index contributed by atoms with van der Waals surface area (Å²) in [6, 6.07) is 21.6. The molecule has 0 atom stereocenters.